The van der Waals surface area contributed by atoms with Crippen molar-refractivity contribution in [1.29, 1.82) is 0 Å². The predicted octanol–water partition coefficient (Wildman–Crippen LogP) is 3.42. The number of rotatable bonds is 2. The Labute approximate surface area is 153 Å². The normalized spacial score (nSPS) is 26.0. The van der Waals surface area contributed by atoms with Gasteiger partial charge in [0, 0.05) is 44.0 Å². The molecule has 4 rings (SSSR count). The fourth-order valence-corrected chi connectivity index (χ4v) is 4.73. The monoisotopic (exact) mass is 355 g/mol. The fraction of sp³-hybridized carbons (Fsp3) is 0.400. The fourth-order valence-electron chi connectivity index (χ4n) is 4.53. The number of pyridine rings is 1. The van der Waals surface area contributed by atoms with Crippen molar-refractivity contribution in [2.24, 2.45) is 11.8 Å². The maximum Gasteiger partial charge on any atom is 0.255 e. The Morgan fingerprint density at radius 3 is 2.76 bits per heavy atom. The highest BCUT2D eigenvalue weighted by Gasteiger charge is 2.47. The number of hydrogen-bond donors (Lipinski definition) is 0. The van der Waals surface area contributed by atoms with Gasteiger partial charge < -0.3 is 4.90 Å². The van der Waals surface area contributed by atoms with E-state index in [0.717, 1.165) is 19.6 Å². The van der Waals surface area contributed by atoms with Gasteiger partial charge in [0.25, 0.3) is 5.91 Å². The molecule has 0 saturated carbocycles. The number of fused-ring (bicyclic) bond motifs is 1. The molecule has 4 nitrogen and oxygen atoms in total. The first-order valence-electron chi connectivity index (χ1n) is 8.71. The van der Waals surface area contributed by atoms with Crippen molar-refractivity contribution in [3.05, 3.63) is 64.4 Å². The van der Waals surface area contributed by atoms with Gasteiger partial charge in [-0.3, -0.25) is 14.7 Å². The van der Waals surface area contributed by atoms with E-state index < -0.39 is 0 Å². The number of aryl methyl sites for hydroxylation is 1. The summed E-state index contributed by atoms with van der Waals surface area (Å²) in [7, 11) is 2.20. The Kier molecular flexibility index (Phi) is 4.26. The lowest BCUT2D eigenvalue weighted by Crippen LogP contribution is -2.33. The van der Waals surface area contributed by atoms with E-state index >= 15 is 0 Å². The number of benzene rings is 1. The smallest absolute Gasteiger partial charge is 0.255 e. The van der Waals surface area contributed by atoms with E-state index in [1.807, 2.05) is 4.90 Å². The lowest BCUT2D eigenvalue weighted by molar-refractivity contribution is 0.0768. The third kappa shape index (κ3) is 2.83. The second-order valence-corrected chi connectivity index (χ2v) is 7.64. The Hall–Kier alpha value is -1.91. The molecular formula is C20H22ClN3O. The van der Waals surface area contributed by atoms with Crippen molar-refractivity contribution in [3.63, 3.8) is 0 Å². The van der Waals surface area contributed by atoms with E-state index in [-0.39, 0.29) is 5.91 Å². The molecule has 2 aliphatic heterocycles. The Morgan fingerprint density at radius 2 is 2.00 bits per heavy atom. The van der Waals surface area contributed by atoms with Crippen LogP contribution in [0.5, 0.6) is 0 Å². The summed E-state index contributed by atoms with van der Waals surface area (Å²) in [6.07, 6.45) is 3.16. The number of carbonyl (C=O) groups is 1. The van der Waals surface area contributed by atoms with Gasteiger partial charge in [-0.1, -0.05) is 35.9 Å². The summed E-state index contributed by atoms with van der Waals surface area (Å²) in [5.41, 5.74) is 3.26. The molecule has 130 valence electrons. The first-order chi connectivity index (χ1) is 12.1. The SMILES string of the molecule is Cc1ccccc1[C@H]1[C@@H]2CN(C(=O)c3ccncc3Cl)C[C@@H]2CN1C. The number of amides is 1. The average molecular weight is 356 g/mol. The number of hydrogen-bond acceptors (Lipinski definition) is 3. The molecule has 3 atom stereocenters. The third-order valence-electron chi connectivity index (χ3n) is 5.69. The van der Waals surface area contributed by atoms with E-state index in [0.29, 0.717) is 28.5 Å². The first-order valence-corrected chi connectivity index (χ1v) is 9.08. The molecule has 0 unspecified atom stereocenters. The van der Waals surface area contributed by atoms with E-state index in [1.54, 1.807) is 12.3 Å². The van der Waals surface area contributed by atoms with Crippen LogP contribution in [0.15, 0.2) is 42.7 Å². The number of carbonyl (C=O) groups excluding carboxylic acids is 1. The van der Waals surface area contributed by atoms with Crippen molar-refractivity contribution in [2.75, 3.05) is 26.7 Å². The maximum absolute atomic E-state index is 12.9. The van der Waals surface area contributed by atoms with Gasteiger partial charge in [-0.05, 0) is 37.1 Å². The molecule has 0 spiro atoms. The minimum absolute atomic E-state index is 0.0213. The Bertz CT molecular complexity index is 809. The molecule has 0 radical (unpaired) electrons. The second-order valence-electron chi connectivity index (χ2n) is 7.23. The van der Waals surface area contributed by atoms with E-state index in [4.69, 9.17) is 11.6 Å². The number of likely N-dealkylation sites (tertiary alicyclic amines) is 2. The van der Waals surface area contributed by atoms with Crippen molar-refractivity contribution in [1.82, 2.24) is 14.8 Å². The standard InChI is InChI=1S/C20H22ClN3O/c1-13-5-3-4-6-15(13)19-17-12-24(11-14(17)10-23(19)2)20(25)16-7-8-22-9-18(16)21/h3-9,14,17,19H,10-12H2,1-2H3/t14-,17+,19-/m0/s1. The molecule has 0 bridgehead atoms. The first kappa shape index (κ1) is 16.6. The maximum atomic E-state index is 12.9. The van der Waals surface area contributed by atoms with Gasteiger partial charge in [-0.25, -0.2) is 0 Å². The second kappa shape index (κ2) is 6.43. The molecule has 1 aromatic heterocycles. The molecule has 2 aromatic rings. The van der Waals surface area contributed by atoms with Crippen molar-refractivity contribution >= 4 is 17.5 Å². The zero-order valence-electron chi connectivity index (χ0n) is 14.5. The molecule has 1 amide bonds. The zero-order valence-corrected chi connectivity index (χ0v) is 15.3. The van der Waals surface area contributed by atoms with Gasteiger partial charge in [0.1, 0.15) is 0 Å². The van der Waals surface area contributed by atoms with Gasteiger partial charge in [0.15, 0.2) is 0 Å². The van der Waals surface area contributed by atoms with Crippen LogP contribution < -0.4 is 0 Å². The zero-order chi connectivity index (χ0) is 17.6. The molecule has 2 aliphatic rings. The minimum Gasteiger partial charge on any atom is -0.338 e. The summed E-state index contributed by atoms with van der Waals surface area (Å²) < 4.78 is 0. The Morgan fingerprint density at radius 1 is 1.20 bits per heavy atom. The summed E-state index contributed by atoms with van der Waals surface area (Å²) in [4.78, 5) is 21.3. The lowest BCUT2D eigenvalue weighted by atomic mass is 9.88. The van der Waals surface area contributed by atoms with Crippen LogP contribution in [0.3, 0.4) is 0 Å². The Balaban J connectivity index is 1.59. The van der Waals surface area contributed by atoms with Crippen LogP contribution in [-0.4, -0.2) is 47.4 Å². The van der Waals surface area contributed by atoms with Crippen LogP contribution in [0.1, 0.15) is 27.5 Å². The molecule has 2 fully saturated rings. The van der Waals surface area contributed by atoms with Crippen LogP contribution in [0.4, 0.5) is 0 Å². The number of aromatic nitrogens is 1. The van der Waals surface area contributed by atoms with Crippen LogP contribution in [0.25, 0.3) is 0 Å². The molecule has 0 aliphatic carbocycles. The van der Waals surface area contributed by atoms with Gasteiger partial charge in [-0.2, -0.15) is 0 Å². The highest BCUT2D eigenvalue weighted by molar-refractivity contribution is 6.33. The largest absolute Gasteiger partial charge is 0.338 e. The third-order valence-corrected chi connectivity index (χ3v) is 5.99. The summed E-state index contributed by atoms with van der Waals surface area (Å²) in [5, 5.41) is 0.428. The quantitative estimate of drug-likeness (QED) is 0.828. The van der Waals surface area contributed by atoms with Crippen LogP contribution in [0.2, 0.25) is 5.02 Å². The summed E-state index contributed by atoms with van der Waals surface area (Å²) in [6, 6.07) is 10.7. The lowest BCUT2D eigenvalue weighted by Gasteiger charge is -2.28. The molecule has 5 heteroatoms. The van der Waals surface area contributed by atoms with Crippen molar-refractivity contribution in [2.45, 2.75) is 13.0 Å². The highest BCUT2D eigenvalue weighted by Crippen LogP contribution is 2.45. The number of nitrogens with zero attached hydrogens (tertiary/aromatic N) is 3. The van der Waals surface area contributed by atoms with Gasteiger partial charge in [0.05, 0.1) is 10.6 Å². The predicted molar refractivity (Wildman–Crippen MR) is 98.7 cm³/mol. The average Bonchev–Trinajstić information content (AvgIpc) is 3.12. The summed E-state index contributed by atoms with van der Waals surface area (Å²) in [6.45, 7) is 4.78. The van der Waals surface area contributed by atoms with E-state index in [2.05, 4.69) is 48.1 Å². The highest BCUT2D eigenvalue weighted by atomic mass is 35.5. The molecule has 2 saturated heterocycles. The summed E-state index contributed by atoms with van der Waals surface area (Å²) >= 11 is 6.17. The van der Waals surface area contributed by atoms with Crippen LogP contribution >= 0.6 is 11.6 Å². The van der Waals surface area contributed by atoms with E-state index in [1.165, 1.54) is 17.3 Å². The van der Waals surface area contributed by atoms with Gasteiger partial charge in [0.2, 0.25) is 0 Å². The molecule has 1 aromatic carbocycles. The van der Waals surface area contributed by atoms with E-state index in [9.17, 15) is 4.79 Å². The van der Waals surface area contributed by atoms with Crippen LogP contribution in [0, 0.1) is 18.8 Å². The molecule has 25 heavy (non-hydrogen) atoms. The number of halogens is 1. The minimum atomic E-state index is 0.0213. The molecule has 3 heterocycles. The molecular weight excluding hydrogens is 334 g/mol. The molecule has 0 N–H and O–H groups in total. The van der Waals surface area contributed by atoms with Crippen molar-refractivity contribution < 1.29 is 4.79 Å². The van der Waals surface area contributed by atoms with Crippen molar-refractivity contribution in [3.8, 4) is 0 Å². The van der Waals surface area contributed by atoms with Crippen LogP contribution in [-0.2, 0) is 0 Å². The topological polar surface area (TPSA) is 36.4 Å². The van der Waals surface area contributed by atoms with Gasteiger partial charge >= 0.3 is 0 Å². The van der Waals surface area contributed by atoms with Gasteiger partial charge in [-0.15, -0.1) is 0 Å². The summed E-state index contributed by atoms with van der Waals surface area (Å²) in [5.74, 6) is 1.00.